The number of H-pyrrole nitrogens is 1. The summed E-state index contributed by atoms with van der Waals surface area (Å²) in [5, 5.41) is 9.76. The van der Waals surface area contributed by atoms with Crippen molar-refractivity contribution >= 4 is 6.21 Å². The number of nitrogens with one attached hydrogen (secondary N) is 1. The average Bonchev–Trinajstić information content (AvgIpc) is 2.31. The summed E-state index contributed by atoms with van der Waals surface area (Å²) in [6, 6.07) is 8.93. The Morgan fingerprint density at radius 2 is 2.06 bits per heavy atom. The van der Waals surface area contributed by atoms with E-state index in [0.29, 0.717) is 0 Å². The summed E-state index contributed by atoms with van der Waals surface area (Å²) in [6.45, 7) is 1.85. The van der Waals surface area contributed by atoms with Gasteiger partial charge in [-0.3, -0.25) is 4.79 Å². The van der Waals surface area contributed by atoms with Gasteiger partial charge in [0.25, 0.3) is 5.56 Å². The van der Waals surface area contributed by atoms with Gasteiger partial charge in [-0.15, -0.1) is 0 Å². The number of aromatic amines is 1. The monoisotopic (exact) mass is 227 g/mol. The molecule has 1 heterocycles. The van der Waals surface area contributed by atoms with Crippen molar-refractivity contribution in [2.75, 3.05) is 0 Å². The van der Waals surface area contributed by atoms with Crippen molar-refractivity contribution in [2.24, 2.45) is 10.9 Å². The molecule has 0 fully saturated rings. The van der Waals surface area contributed by atoms with Gasteiger partial charge >= 0.3 is 0 Å². The molecule has 0 atom stereocenters. The third-order valence-corrected chi connectivity index (χ3v) is 2.35. The average molecular weight is 227 g/mol. The Morgan fingerprint density at radius 3 is 2.65 bits per heavy atom. The van der Waals surface area contributed by atoms with E-state index in [-0.39, 0.29) is 5.56 Å². The quantitative estimate of drug-likeness (QED) is 0.454. The first-order valence-electron chi connectivity index (χ1n) is 5.03. The largest absolute Gasteiger partial charge is 0.323 e. The number of aromatic nitrogens is 2. The fourth-order valence-electron chi connectivity index (χ4n) is 1.57. The summed E-state index contributed by atoms with van der Waals surface area (Å²) >= 11 is 0. The fraction of sp³-hybridized carbons (Fsp3) is 0.0833. The second kappa shape index (κ2) is 4.61. The maximum Gasteiger partial charge on any atom is 0.264 e. The molecule has 0 spiro atoms. The van der Waals surface area contributed by atoms with E-state index in [2.05, 4.69) is 21.5 Å². The number of nitrogens with two attached hydrogens (primary N) is 1. The lowest BCUT2D eigenvalue weighted by atomic mass is 10.1. The summed E-state index contributed by atoms with van der Waals surface area (Å²) in [6.07, 6.45) is 2.63. The maximum absolute atomic E-state index is 11.1. The molecule has 2 rings (SSSR count). The van der Waals surface area contributed by atoms with Crippen molar-refractivity contribution in [1.82, 2.24) is 10.2 Å². The second-order valence-corrected chi connectivity index (χ2v) is 3.58. The molecule has 0 saturated heterocycles. The van der Waals surface area contributed by atoms with Gasteiger partial charge in [-0.25, -0.2) is 5.10 Å². The molecule has 1 radical (unpaired) electrons. The Bertz CT molecular complexity index is 599. The first-order valence-corrected chi connectivity index (χ1v) is 5.03. The molecule has 0 saturated carbocycles. The lowest BCUT2D eigenvalue weighted by Gasteiger charge is -2.03. The van der Waals surface area contributed by atoms with Crippen molar-refractivity contribution in [2.45, 2.75) is 6.92 Å². The van der Waals surface area contributed by atoms with Crippen LogP contribution < -0.4 is 11.4 Å². The SMILES string of the molecule is Cc1cc(=O)[nH]nc1-c1ccc(/[C]=N/N)cc1. The number of hydrazone groups is 1. The summed E-state index contributed by atoms with van der Waals surface area (Å²) in [5.41, 5.74) is 3.09. The van der Waals surface area contributed by atoms with E-state index in [0.717, 1.165) is 22.4 Å². The Kier molecular flexibility index (Phi) is 3.00. The molecular formula is C12H11N4O. The van der Waals surface area contributed by atoms with Gasteiger partial charge in [-0.05, 0) is 12.5 Å². The molecule has 85 valence electrons. The normalized spacial score (nSPS) is 10.9. The summed E-state index contributed by atoms with van der Waals surface area (Å²) in [5.74, 6) is 5.01. The number of hydrogen-bond acceptors (Lipinski definition) is 4. The van der Waals surface area contributed by atoms with E-state index >= 15 is 0 Å². The molecule has 1 aromatic carbocycles. The first kappa shape index (κ1) is 11.1. The van der Waals surface area contributed by atoms with Crippen molar-refractivity contribution < 1.29 is 0 Å². The van der Waals surface area contributed by atoms with E-state index in [1.165, 1.54) is 6.07 Å². The molecule has 0 unspecified atom stereocenters. The predicted molar refractivity (Wildman–Crippen MR) is 65.8 cm³/mol. The van der Waals surface area contributed by atoms with Crippen molar-refractivity contribution in [1.29, 1.82) is 0 Å². The zero-order valence-corrected chi connectivity index (χ0v) is 9.27. The van der Waals surface area contributed by atoms with Crippen molar-refractivity contribution in [3.63, 3.8) is 0 Å². The Balaban J connectivity index is 2.43. The molecule has 17 heavy (non-hydrogen) atoms. The summed E-state index contributed by atoms with van der Waals surface area (Å²) in [7, 11) is 0. The highest BCUT2D eigenvalue weighted by molar-refractivity contribution is 5.80. The number of aryl methyl sites for hydroxylation is 1. The van der Waals surface area contributed by atoms with Crippen LogP contribution in [-0.2, 0) is 0 Å². The van der Waals surface area contributed by atoms with E-state index < -0.39 is 0 Å². The smallest absolute Gasteiger partial charge is 0.264 e. The lowest BCUT2D eigenvalue weighted by molar-refractivity contribution is 0.981. The highest BCUT2D eigenvalue weighted by atomic mass is 16.1. The van der Waals surface area contributed by atoms with Crippen LogP contribution in [0, 0.1) is 6.92 Å². The zero-order chi connectivity index (χ0) is 12.3. The van der Waals surface area contributed by atoms with Crippen LogP contribution in [0.1, 0.15) is 11.1 Å². The van der Waals surface area contributed by atoms with Crippen LogP contribution in [0.15, 0.2) is 40.2 Å². The number of hydrogen-bond donors (Lipinski definition) is 2. The second-order valence-electron chi connectivity index (χ2n) is 3.58. The standard InChI is InChI=1S/C12H11N4O/c1-8-6-11(17)15-16-12(8)10-4-2-9(3-5-10)7-14-13/h2-6H,13H2,1H3,(H,15,17). The van der Waals surface area contributed by atoms with Crippen LogP contribution in [0.25, 0.3) is 11.3 Å². The first-order chi connectivity index (χ1) is 8.20. The highest BCUT2D eigenvalue weighted by Gasteiger charge is 2.04. The van der Waals surface area contributed by atoms with Gasteiger partial charge in [0, 0.05) is 17.2 Å². The molecule has 0 aliphatic carbocycles. The van der Waals surface area contributed by atoms with Crippen LogP contribution in [0.5, 0.6) is 0 Å². The lowest BCUT2D eigenvalue weighted by Crippen LogP contribution is -2.08. The third-order valence-electron chi connectivity index (χ3n) is 2.35. The Hall–Kier alpha value is -2.43. The summed E-state index contributed by atoms with van der Waals surface area (Å²) in [4.78, 5) is 11.1. The molecule has 3 N–H and O–H groups in total. The molecule has 0 aliphatic heterocycles. The van der Waals surface area contributed by atoms with Crippen molar-refractivity contribution in [3.8, 4) is 11.3 Å². The van der Waals surface area contributed by atoms with Crippen LogP contribution in [0.2, 0.25) is 0 Å². The highest BCUT2D eigenvalue weighted by Crippen LogP contribution is 2.18. The molecule has 0 aliphatic rings. The molecule has 1 aromatic heterocycles. The molecule has 2 aromatic rings. The molecule has 5 nitrogen and oxygen atoms in total. The van der Waals surface area contributed by atoms with E-state index in [1.54, 1.807) is 0 Å². The number of rotatable bonds is 2. The topological polar surface area (TPSA) is 84.1 Å². The van der Waals surface area contributed by atoms with Gasteiger partial charge < -0.3 is 5.84 Å². The minimum Gasteiger partial charge on any atom is -0.323 e. The van der Waals surface area contributed by atoms with E-state index in [9.17, 15) is 4.79 Å². The fourth-order valence-corrected chi connectivity index (χ4v) is 1.57. The molecular weight excluding hydrogens is 216 g/mol. The number of nitrogens with zero attached hydrogens (tertiary/aromatic N) is 2. The zero-order valence-electron chi connectivity index (χ0n) is 9.27. The van der Waals surface area contributed by atoms with Gasteiger partial charge in [-0.1, -0.05) is 24.3 Å². The van der Waals surface area contributed by atoms with Crippen LogP contribution in [0.4, 0.5) is 0 Å². The Morgan fingerprint density at radius 1 is 1.35 bits per heavy atom. The third kappa shape index (κ3) is 2.39. The summed E-state index contributed by atoms with van der Waals surface area (Å²) < 4.78 is 0. The van der Waals surface area contributed by atoms with E-state index in [1.807, 2.05) is 31.2 Å². The van der Waals surface area contributed by atoms with Gasteiger partial charge in [0.2, 0.25) is 0 Å². The van der Waals surface area contributed by atoms with Crippen LogP contribution >= 0.6 is 0 Å². The van der Waals surface area contributed by atoms with Gasteiger partial charge in [0.1, 0.15) is 6.21 Å². The van der Waals surface area contributed by atoms with Gasteiger partial charge in [-0.2, -0.15) is 10.2 Å². The Labute approximate surface area is 98.0 Å². The minimum atomic E-state index is -0.202. The molecule has 0 amide bonds. The van der Waals surface area contributed by atoms with Crippen LogP contribution in [0.3, 0.4) is 0 Å². The van der Waals surface area contributed by atoms with Gasteiger partial charge in [0.05, 0.1) is 5.69 Å². The maximum atomic E-state index is 11.1. The minimum absolute atomic E-state index is 0.202. The molecule has 5 heteroatoms. The van der Waals surface area contributed by atoms with Crippen molar-refractivity contribution in [3.05, 3.63) is 51.8 Å². The predicted octanol–water partition coefficient (Wildman–Crippen LogP) is 0.915. The van der Waals surface area contributed by atoms with Gasteiger partial charge in [0.15, 0.2) is 0 Å². The van der Waals surface area contributed by atoms with E-state index in [4.69, 9.17) is 5.84 Å². The molecule has 0 bridgehead atoms. The van der Waals surface area contributed by atoms with Crippen LogP contribution in [-0.4, -0.2) is 16.4 Å². The number of benzene rings is 1.